The van der Waals surface area contributed by atoms with Crippen LogP contribution in [-0.2, 0) is 24.0 Å². The van der Waals surface area contributed by atoms with E-state index < -0.39 is 0 Å². The first-order valence-corrected chi connectivity index (χ1v) is 43.0. The molecule has 14 nitrogen and oxygen atoms in total. The number of halogens is 1. The van der Waals surface area contributed by atoms with E-state index in [0.29, 0.717) is 111 Å². The van der Waals surface area contributed by atoms with Crippen LogP contribution in [0.15, 0.2) is 0 Å². The summed E-state index contributed by atoms with van der Waals surface area (Å²) >= 11 is 2.47. The van der Waals surface area contributed by atoms with Gasteiger partial charge in [0.05, 0.1) is 0 Å². The third kappa shape index (κ3) is 73.0. The SMILES string of the molecule is CCCCCCCCCCCCNC(=O)CCN(CCNCCN(CCC(=O)NCCCCCCCCCCCC)CCN(CCC(=O)NCCCCCCCCCCCC)CCC(=O)NCCCCCCCCCCCC)CCC(=O)NCCCCCCCCCCCI. The first kappa shape index (κ1) is 92.9. The summed E-state index contributed by atoms with van der Waals surface area (Å²) in [5, 5.41) is 19.7. The molecular formula is C80H160IN9O5. The second kappa shape index (κ2) is 77.7. The summed E-state index contributed by atoms with van der Waals surface area (Å²) in [5.74, 6) is 0.386. The number of alkyl halides is 1. The van der Waals surface area contributed by atoms with E-state index in [9.17, 15) is 24.0 Å². The van der Waals surface area contributed by atoms with Crippen LogP contribution in [0.25, 0.3) is 0 Å². The van der Waals surface area contributed by atoms with E-state index in [1.807, 2.05) is 0 Å². The molecule has 15 heteroatoms. The predicted octanol–water partition coefficient (Wildman–Crippen LogP) is 18.6. The van der Waals surface area contributed by atoms with E-state index in [4.69, 9.17) is 0 Å². The van der Waals surface area contributed by atoms with Crippen LogP contribution in [0, 0.1) is 0 Å². The molecule has 0 unspecified atom stereocenters. The van der Waals surface area contributed by atoms with Crippen molar-refractivity contribution in [2.45, 2.75) is 374 Å². The largest absolute Gasteiger partial charge is 0.356 e. The highest BCUT2D eigenvalue weighted by atomic mass is 127. The van der Waals surface area contributed by atoms with Gasteiger partial charge >= 0.3 is 0 Å². The van der Waals surface area contributed by atoms with Gasteiger partial charge in [0.15, 0.2) is 0 Å². The zero-order valence-electron chi connectivity index (χ0n) is 63.5. The molecule has 0 fully saturated rings. The van der Waals surface area contributed by atoms with Gasteiger partial charge in [-0.3, -0.25) is 24.0 Å². The molecule has 0 spiro atoms. The molecule has 5 amide bonds. The summed E-state index contributed by atoms with van der Waals surface area (Å²) in [4.78, 5) is 73.3. The quantitative estimate of drug-likeness (QED) is 0.0197. The molecule has 0 saturated carbocycles. The van der Waals surface area contributed by atoms with Crippen LogP contribution in [-0.4, -0.2) is 153 Å². The highest BCUT2D eigenvalue weighted by Crippen LogP contribution is 2.15. The lowest BCUT2D eigenvalue weighted by Gasteiger charge is -2.28. The fraction of sp³-hybridized carbons (Fsp3) is 0.938. The number of carbonyl (C=O) groups excluding carboxylic acids is 5. The Morgan fingerprint density at radius 2 is 0.379 bits per heavy atom. The number of nitrogens with one attached hydrogen (secondary N) is 6. The summed E-state index contributed by atoms with van der Waals surface area (Å²) in [7, 11) is 0. The maximum Gasteiger partial charge on any atom is 0.221 e. The molecule has 0 bridgehead atoms. The van der Waals surface area contributed by atoms with E-state index in [2.05, 4.69) is 96.9 Å². The molecule has 6 N–H and O–H groups in total. The Kier molecular flexibility index (Phi) is 76.0. The maximum absolute atomic E-state index is 13.4. The number of hydrogen-bond acceptors (Lipinski definition) is 9. The average molecular weight is 1460 g/mol. The summed E-state index contributed by atoms with van der Waals surface area (Å²) < 4.78 is 1.26. The standard InChI is InChI=1S/C80H160IN9O5/c1-5-9-13-17-21-25-31-37-43-49-60-83-76(91)54-67-88(68-55-77(92)84-61-50-47-41-35-29-30-36-42-48-59-81)72-65-82-66-73-90(71-58-80(95)87-64-53-46-40-34-28-24-20-16-12-8-4)75-74-89(69-56-78(93)85-62-51-44-38-32-26-22-18-14-10-6-2)70-57-79(94)86-63-52-45-39-33-27-23-19-15-11-7-3/h82H,5-75H2,1-4H3,(H,83,91)(H,84,92)(H,85,93)(H,86,94)(H,87,95). The molecule has 95 heavy (non-hydrogen) atoms. The van der Waals surface area contributed by atoms with Crippen LogP contribution in [0.1, 0.15) is 374 Å². The molecule has 0 aromatic carbocycles. The van der Waals surface area contributed by atoms with Crippen molar-refractivity contribution < 1.29 is 24.0 Å². The smallest absolute Gasteiger partial charge is 0.221 e. The van der Waals surface area contributed by atoms with Crippen LogP contribution >= 0.6 is 22.6 Å². The molecule has 0 rings (SSSR count). The highest BCUT2D eigenvalue weighted by molar-refractivity contribution is 14.1. The molecule has 562 valence electrons. The van der Waals surface area contributed by atoms with Crippen molar-refractivity contribution in [3.8, 4) is 0 Å². The van der Waals surface area contributed by atoms with Crippen molar-refractivity contribution in [2.24, 2.45) is 0 Å². The predicted molar refractivity (Wildman–Crippen MR) is 418 cm³/mol. The Balaban J connectivity index is 5.83. The molecule has 0 atom stereocenters. The van der Waals surface area contributed by atoms with Gasteiger partial charge in [-0.2, -0.15) is 0 Å². The summed E-state index contributed by atoms with van der Waals surface area (Å²) in [6.07, 6.45) is 64.0. The van der Waals surface area contributed by atoms with E-state index in [0.717, 1.165) is 90.4 Å². The van der Waals surface area contributed by atoms with Crippen LogP contribution in [0.5, 0.6) is 0 Å². The molecule has 0 aliphatic rings. The third-order valence-electron chi connectivity index (χ3n) is 19.3. The van der Waals surface area contributed by atoms with Gasteiger partial charge in [-0.05, 0) is 43.0 Å². The number of rotatable bonds is 79. The van der Waals surface area contributed by atoms with Crippen LogP contribution in [0.3, 0.4) is 0 Å². The van der Waals surface area contributed by atoms with E-state index in [1.165, 1.54) is 255 Å². The Labute approximate surface area is 602 Å². The van der Waals surface area contributed by atoms with E-state index in [-0.39, 0.29) is 29.5 Å². The second-order valence-electron chi connectivity index (χ2n) is 28.4. The van der Waals surface area contributed by atoms with Gasteiger partial charge in [-0.1, -0.05) is 326 Å². The molecule has 0 aromatic rings. The van der Waals surface area contributed by atoms with Crippen LogP contribution in [0.4, 0.5) is 0 Å². The molecule has 0 aliphatic heterocycles. The monoisotopic (exact) mass is 1450 g/mol. The third-order valence-corrected chi connectivity index (χ3v) is 20.0. The lowest BCUT2D eigenvalue weighted by atomic mass is 10.1. The zero-order chi connectivity index (χ0) is 69.1. The first-order valence-electron chi connectivity index (χ1n) is 41.5. The van der Waals surface area contributed by atoms with Gasteiger partial charge in [-0.15, -0.1) is 0 Å². The average Bonchev–Trinajstić information content (AvgIpc) is 3.51. The summed E-state index contributed by atoms with van der Waals surface area (Å²) in [6, 6.07) is 0. The van der Waals surface area contributed by atoms with Gasteiger partial charge in [-0.25, -0.2) is 0 Å². The van der Waals surface area contributed by atoms with Gasteiger partial charge in [0, 0.05) is 137 Å². The Hall–Kier alpha value is -2.08. The Morgan fingerprint density at radius 1 is 0.211 bits per heavy atom. The van der Waals surface area contributed by atoms with Gasteiger partial charge in [0.1, 0.15) is 0 Å². The topological polar surface area (TPSA) is 167 Å². The lowest BCUT2D eigenvalue weighted by molar-refractivity contribution is -0.123. The first-order chi connectivity index (χ1) is 46.7. The number of amides is 5. The van der Waals surface area contributed by atoms with Crippen LogP contribution < -0.4 is 31.9 Å². The van der Waals surface area contributed by atoms with Crippen molar-refractivity contribution in [3.05, 3.63) is 0 Å². The Morgan fingerprint density at radius 3 is 0.579 bits per heavy atom. The zero-order valence-corrected chi connectivity index (χ0v) is 65.6. The summed E-state index contributed by atoms with van der Waals surface area (Å²) in [5.41, 5.74) is 0. The van der Waals surface area contributed by atoms with Crippen molar-refractivity contribution in [1.82, 2.24) is 46.6 Å². The van der Waals surface area contributed by atoms with Gasteiger partial charge in [0.25, 0.3) is 0 Å². The van der Waals surface area contributed by atoms with E-state index >= 15 is 0 Å². The van der Waals surface area contributed by atoms with Gasteiger partial charge in [0.2, 0.25) is 29.5 Å². The van der Waals surface area contributed by atoms with Crippen molar-refractivity contribution in [3.63, 3.8) is 0 Å². The van der Waals surface area contributed by atoms with Crippen molar-refractivity contribution in [2.75, 3.05) is 109 Å². The fourth-order valence-electron chi connectivity index (χ4n) is 12.7. The Bertz CT molecular complexity index is 1570. The molecule has 0 radical (unpaired) electrons. The van der Waals surface area contributed by atoms with E-state index in [1.54, 1.807) is 0 Å². The maximum atomic E-state index is 13.4. The second-order valence-corrected chi connectivity index (χ2v) is 29.5. The van der Waals surface area contributed by atoms with Gasteiger partial charge < -0.3 is 46.6 Å². The van der Waals surface area contributed by atoms with Crippen molar-refractivity contribution >= 4 is 52.1 Å². The minimum Gasteiger partial charge on any atom is -0.356 e. The number of nitrogens with zero attached hydrogens (tertiary/aromatic N) is 3. The number of hydrogen-bond donors (Lipinski definition) is 6. The fourth-order valence-corrected chi connectivity index (χ4v) is 13.2. The molecule has 0 heterocycles. The van der Waals surface area contributed by atoms with Crippen LogP contribution in [0.2, 0.25) is 0 Å². The molecular weight excluding hydrogens is 1290 g/mol. The lowest BCUT2D eigenvalue weighted by Crippen LogP contribution is -2.43. The molecule has 0 aromatic heterocycles. The molecule has 0 saturated heterocycles. The highest BCUT2D eigenvalue weighted by Gasteiger charge is 2.16. The molecule has 0 aliphatic carbocycles. The summed E-state index contributed by atoms with van der Waals surface area (Å²) in [6.45, 7) is 19.9. The number of carbonyl (C=O) groups is 5. The van der Waals surface area contributed by atoms with Crippen molar-refractivity contribution in [1.29, 1.82) is 0 Å². The number of unbranched alkanes of at least 4 members (excludes halogenated alkanes) is 44. The minimum absolute atomic E-state index is 0.0697. The normalized spacial score (nSPS) is 11.6. The minimum atomic E-state index is 0.0697.